The molecule has 0 aromatic heterocycles. The number of alkyl carbamates (subject to hydrolysis) is 1. The molecule has 0 spiro atoms. The van der Waals surface area contributed by atoms with Gasteiger partial charge in [0.2, 0.25) is 0 Å². The lowest BCUT2D eigenvalue weighted by molar-refractivity contribution is -0.126. The van der Waals surface area contributed by atoms with Crippen molar-refractivity contribution in [3.05, 3.63) is 0 Å². The third kappa shape index (κ3) is 5.21. The zero-order chi connectivity index (χ0) is 14.8. The first-order valence-corrected chi connectivity index (χ1v) is 7.07. The summed E-state index contributed by atoms with van der Waals surface area (Å²) in [5, 5.41) is 2.74. The molecular formula is C15H27NO3. The van der Waals surface area contributed by atoms with Gasteiger partial charge in [-0.25, -0.2) is 4.79 Å². The van der Waals surface area contributed by atoms with Crippen molar-refractivity contribution in [3.8, 4) is 0 Å². The predicted octanol–water partition coefficient (Wildman–Crippen LogP) is 3.30. The molecule has 0 heterocycles. The number of carbonyl (C=O) groups excluding carboxylic acids is 2. The Bertz CT molecular complexity index is 351. The molecule has 1 amide bonds. The van der Waals surface area contributed by atoms with Gasteiger partial charge < -0.3 is 10.1 Å². The first kappa shape index (κ1) is 16.0. The van der Waals surface area contributed by atoms with E-state index in [2.05, 4.69) is 5.32 Å². The summed E-state index contributed by atoms with van der Waals surface area (Å²) < 4.78 is 5.23. The van der Waals surface area contributed by atoms with E-state index >= 15 is 0 Å². The van der Waals surface area contributed by atoms with Crippen LogP contribution in [-0.2, 0) is 9.53 Å². The van der Waals surface area contributed by atoms with Crippen molar-refractivity contribution in [3.63, 3.8) is 0 Å². The second-order valence-corrected chi connectivity index (χ2v) is 7.25. The number of ether oxygens (including phenoxy) is 1. The van der Waals surface area contributed by atoms with Crippen molar-refractivity contribution in [1.82, 2.24) is 5.32 Å². The number of hydrogen-bond acceptors (Lipinski definition) is 3. The number of amides is 1. The van der Waals surface area contributed by atoms with Crippen LogP contribution in [0.1, 0.15) is 60.8 Å². The number of ketones is 1. The van der Waals surface area contributed by atoms with E-state index in [1.165, 1.54) is 0 Å². The highest BCUT2D eigenvalue weighted by atomic mass is 16.6. The zero-order valence-corrected chi connectivity index (χ0v) is 13.0. The summed E-state index contributed by atoms with van der Waals surface area (Å²) in [6.45, 7) is 11.5. The minimum Gasteiger partial charge on any atom is -0.444 e. The Morgan fingerprint density at radius 3 is 2.16 bits per heavy atom. The van der Waals surface area contributed by atoms with Gasteiger partial charge in [-0.15, -0.1) is 0 Å². The fourth-order valence-electron chi connectivity index (χ4n) is 2.01. The smallest absolute Gasteiger partial charge is 0.408 e. The van der Waals surface area contributed by atoms with Crippen LogP contribution in [0.25, 0.3) is 0 Å². The summed E-state index contributed by atoms with van der Waals surface area (Å²) >= 11 is 0. The molecule has 1 aliphatic carbocycles. The van der Waals surface area contributed by atoms with Crippen molar-refractivity contribution in [2.45, 2.75) is 72.4 Å². The topological polar surface area (TPSA) is 55.4 Å². The fourth-order valence-corrected chi connectivity index (χ4v) is 2.01. The first-order valence-electron chi connectivity index (χ1n) is 7.07. The number of nitrogens with one attached hydrogen (secondary N) is 1. The van der Waals surface area contributed by atoms with Crippen molar-refractivity contribution in [1.29, 1.82) is 0 Å². The SMILES string of the molecule is CC(C)CC(NC(=O)OC(C)(C)C)C(=O)C1(C)CC1. The van der Waals surface area contributed by atoms with E-state index in [4.69, 9.17) is 4.74 Å². The van der Waals surface area contributed by atoms with Gasteiger partial charge in [-0.3, -0.25) is 4.79 Å². The van der Waals surface area contributed by atoms with Gasteiger partial charge in [0.05, 0.1) is 6.04 Å². The van der Waals surface area contributed by atoms with Crippen LogP contribution in [0.4, 0.5) is 4.79 Å². The molecule has 0 radical (unpaired) electrons. The number of carbonyl (C=O) groups is 2. The molecular weight excluding hydrogens is 242 g/mol. The Morgan fingerprint density at radius 2 is 1.79 bits per heavy atom. The maximum absolute atomic E-state index is 12.4. The molecule has 1 aliphatic rings. The van der Waals surface area contributed by atoms with E-state index in [1.54, 1.807) is 0 Å². The Kier molecular flexibility index (Phi) is 4.64. The summed E-state index contributed by atoms with van der Waals surface area (Å²) in [5.41, 5.74) is -0.770. The predicted molar refractivity (Wildman–Crippen MR) is 75.0 cm³/mol. The van der Waals surface area contributed by atoms with Gasteiger partial charge in [-0.1, -0.05) is 20.8 Å². The van der Waals surface area contributed by atoms with Crippen molar-refractivity contribution < 1.29 is 14.3 Å². The minimum atomic E-state index is -0.543. The molecule has 0 saturated heterocycles. The highest BCUT2D eigenvalue weighted by molar-refractivity contribution is 5.93. The lowest BCUT2D eigenvalue weighted by atomic mass is 9.91. The molecule has 0 aromatic carbocycles. The summed E-state index contributed by atoms with van der Waals surface area (Å²) in [7, 11) is 0. The summed E-state index contributed by atoms with van der Waals surface area (Å²) in [6, 6.07) is -0.428. The largest absolute Gasteiger partial charge is 0.444 e. The molecule has 1 rings (SSSR count). The first-order chi connectivity index (χ1) is 8.53. The van der Waals surface area contributed by atoms with Crippen LogP contribution in [0.3, 0.4) is 0 Å². The standard InChI is InChI=1S/C15H27NO3/c1-10(2)9-11(12(17)15(6)7-8-15)16-13(18)19-14(3,4)5/h10-11H,7-9H2,1-6H3,(H,16,18). The third-order valence-corrected chi connectivity index (χ3v) is 3.31. The van der Waals surface area contributed by atoms with Crippen molar-refractivity contribution >= 4 is 11.9 Å². The Balaban J connectivity index is 2.64. The van der Waals surface area contributed by atoms with Crippen LogP contribution in [0.2, 0.25) is 0 Å². The van der Waals surface area contributed by atoms with E-state index < -0.39 is 17.7 Å². The van der Waals surface area contributed by atoms with Crippen LogP contribution >= 0.6 is 0 Å². The van der Waals surface area contributed by atoms with E-state index in [1.807, 2.05) is 41.5 Å². The molecule has 1 N–H and O–H groups in total. The maximum Gasteiger partial charge on any atom is 0.408 e. The molecule has 19 heavy (non-hydrogen) atoms. The van der Waals surface area contributed by atoms with Gasteiger partial charge in [0.15, 0.2) is 5.78 Å². The lowest BCUT2D eigenvalue weighted by Crippen LogP contribution is -2.46. The lowest BCUT2D eigenvalue weighted by Gasteiger charge is -2.25. The normalized spacial score (nSPS) is 18.9. The van der Waals surface area contributed by atoms with Crippen LogP contribution in [0, 0.1) is 11.3 Å². The summed E-state index contributed by atoms with van der Waals surface area (Å²) in [5.74, 6) is 0.498. The van der Waals surface area contributed by atoms with Gasteiger partial charge in [-0.2, -0.15) is 0 Å². The second kappa shape index (κ2) is 5.51. The minimum absolute atomic E-state index is 0.145. The van der Waals surface area contributed by atoms with Gasteiger partial charge in [-0.05, 0) is 46.0 Å². The summed E-state index contributed by atoms with van der Waals surface area (Å²) in [4.78, 5) is 24.2. The van der Waals surface area contributed by atoms with Crippen LogP contribution in [-0.4, -0.2) is 23.5 Å². The molecule has 1 atom stereocenters. The molecule has 110 valence electrons. The van der Waals surface area contributed by atoms with Crippen LogP contribution in [0.5, 0.6) is 0 Å². The summed E-state index contributed by atoms with van der Waals surface area (Å²) in [6.07, 6.45) is 2.01. The highest BCUT2D eigenvalue weighted by Gasteiger charge is 2.47. The Labute approximate surface area is 116 Å². The number of rotatable bonds is 5. The van der Waals surface area contributed by atoms with Gasteiger partial charge in [0, 0.05) is 5.41 Å². The Morgan fingerprint density at radius 1 is 1.26 bits per heavy atom. The molecule has 1 fully saturated rings. The molecule has 4 nitrogen and oxygen atoms in total. The molecule has 4 heteroatoms. The third-order valence-electron chi connectivity index (χ3n) is 3.31. The quantitative estimate of drug-likeness (QED) is 0.833. The van der Waals surface area contributed by atoms with E-state index in [0.717, 1.165) is 12.8 Å². The zero-order valence-electron chi connectivity index (χ0n) is 13.0. The Hall–Kier alpha value is -1.06. The average molecular weight is 269 g/mol. The van der Waals surface area contributed by atoms with Crippen LogP contribution in [0.15, 0.2) is 0 Å². The average Bonchev–Trinajstić information content (AvgIpc) is 2.92. The van der Waals surface area contributed by atoms with Gasteiger partial charge in [0.1, 0.15) is 5.60 Å². The number of hydrogen-bond donors (Lipinski definition) is 1. The fraction of sp³-hybridized carbons (Fsp3) is 0.867. The number of Topliss-reactive ketones (excluding diaryl/α,β-unsaturated/α-hetero) is 1. The van der Waals surface area contributed by atoms with Gasteiger partial charge in [0.25, 0.3) is 0 Å². The molecule has 1 unspecified atom stereocenters. The molecule has 0 aromatic rings. The van der Waals surface area contributed by atoms with E-state index in [0.29, 0.717) is 12.3 Å². The monoisotopic (exact) mass is 269 g/mol. The molecule has 0 aliphatic heterocycles. The maximum atomic E-state index is 12.4. The van der Waals surface area contributed by atoms with E-state index in [-0.39, 0.29) is 11.2 Å². The highest BCUT2D eigenvalue weighted by Crippen LogP contribution is 2.47. The van der Waals surface area contributed by atoms with Crippen molar-refractivity contribution in [2.24, 2.45) is 11.3 Å². The van der Waals surface area contributed by atoms with Crippen LogP contribution < -0.4 is 5.32 Å². The molecule has 1 saturated carbocycles. The molecule has 0 bridgehead atoms. The van der Waals surface area contributed by atoms with E-state index in [9.17, 15) is 9.59 Å². The van der Waals surface area contributed by atoms with Gasteiger partial charge >= 0.3 is 6.09 Å². The second-order valence-electron chi connectivity index (χ2n) is 7.25. The van der Waals surface area contributed by atoms with Crippen molar-refractivity contribution in [2.75, 3.05) is 0 Å².